The Labute approximate surface area is 111 Å². The van der Waals surface area contributed by atoms with Crippen LogP contribution in [0.3, 0.4) is 0 Å². The summed E-state index contributed by atoms with van der Waals surface area (Å²) in [6, 6.07) is 0.689. The van der Waals surface area contributed by atoms with Crippen LogP contribution in [0.1, 0.15) is 52.9 Å². The highest BCUT2D eigenvalue weighted by Gasteiger charge is 2.23. The van der Waals surface area contributed by atoms with Gasteiger partial charge in [-0.25, -0.2) is 0 Å². The lowest BCUT2D eigenvalue weighted by Gasteiger charge is -2.15. The second-order valence-electron chi connectivity index (χ2n) is 5.12. The van der Waals surface area contributed by atoms with Crippen LogP contribution < -0.4 is 5.32 Å². The van der Waals surface area contributed by atoms with Gasteiger partial charge in [0.05, 0.1) is 6.10 Å². The van der Waals surface area contributed by atoms with Crippen LogP contribution in [0, 0.1) is 0 Å². The van der Waals surface area contributed by atoms with E-state index in [4.69, 9.17) is 4.74 Å². The highest BCUT2D eigenvalue weighted by atomic mass is 32.2. The summed E-state index contributed by atoms with van der Waals surface area (Å²) in [5.74, 6) is 1.30. The van der Waals surface area contributed by atoms with Crippen LogP contribution in [-0.2, 0) is 4.74 Å². The Bertz CT molecular complexity index is 189. The fourth-order valence-corrected chi connectivity index (χ4v) is 3.50. The monoisotopic (exact) mass is 259 g/mol. The molecule has 1 aliphatic heterocycles. The number of nitrogens with one attached hydrogen (secondary N) is 1. The number of rotatable bonds is 9. The third-order valence-corrected chi connectivity index (χ3v) is 4.98. The Morgan fingerprint density at radius 2 is 2.24 bits per heavy atom. The maximum atomic E-state index is 5.57. The second kappa shape index (κ2) is 9.23. The summed E-state index contributed by atoms with van der Waals surface area (Å²) in [4.78, 5) is 0. The van der Waals surface area contributed by atoms with Crippen molar-refractivity contribution in [1.82, 2.24) is 5.32 Å². The molecule has 0 aromatic carbocycles. The minimum atomic E-state index is 0.477. The molecule has 0 aliphatic carbocycles. The van der Waals surface area contributed by atoms with E-state index in [1.165, 1.54) is 37.9 Å². The summed E-state index contributed by atoms with van der Waals surface area (Å²) in [5.41, 5.74) is 0. The fourth-order valence-electron chi connectivity index (χ4n) is 2.21. The van der Waals surface area contributed by atoms with E-state index < -0.39 is 0 Å². The smallest absolute Gasteiger partial charge is 0.0666 e. The van der Waals surface area contributed by atoms with Crippen LogP contribution in [-0.4, -0.2) is 36.3 Å². The van der Waals surface area contributed by atoms with Crippen molar-refractivity contribution in [1.29, 1.82) is 0 Å². The molecule has 1 heterocycles. The van der Waals surface area contributed by atoms with Crippen molar-refractivity contribution in [2.75, 3.05) is 18.9 Å². The van der Waals surface area contributed by atoms with Crippen molar-refractivity contribution < 1.29 is 4.74 Å². The van der Waals surface area contributed by atoms with Crippen LogP contribution in [0.2, 0.25) is 0 Å². The summed E-state index contributed by atoms with van der Waals surface area (Å²) in [5, 5.41) is 4.30. The van der Waals surface area contributed by atoms with Crippen molar-refractivity contribution in [3.05, 3.63) is 0 Å². The highest BCUT2D eigenvalue weighted by molar-refractivity contribution is 7.99. The van der Waals surface area contributed by atoms with E-state index in [1.54, 1.807) is 0 Å². The van der Waals surface area contributed by atoms with Gasteiger partial charge in [0.25, 0.3) is 0 Å². The third-order valence-electron chi connectivity index (χ3n) is 3.41. The molecule has 2 nitrogen and oxygen atoms in total. The number of hydrogen-bond acceptors (Lipinski definition) is 3. The molecule has 1 saturated heterocycles. The lowest BCUT2D eigenvalue weighted by atomic mass is 10.1. The lowest BCUT2D eigenvalue weighted by Crippen LogP contribution is -2.26. The number of thioether (sulfide) groups is 1. The van der Waals surface area contributed by atoms with E-state index in [0.29, 0.717) is 12.1 Å². The molecule has 3 atom stereocenters. The first-order valence-corrected chi connectivity index (χ1v) is 8.25. The van der Waals surface area contributed by atoms with Gasteiger partial charge in [-0.15, -0.1) is 0 Å². The molecule has 17 heavy (non-hydrogen) atoms. The van der Waals surface area contributed by atoms with Gasteiger partial charge in [0.1, 0.15) is 0 Å². The summed E-state index contributed by atoms with van der Waals surface area (Å²) in [6.45, 7) is 8.86. The zero-order valence-electron chi connectivity index (χ0n) is 11.7. The molecule has 0 aromatic heterocycles. The van der Waals surface area contributed by atoms with Crippen LogP contribution >= 0.6 is 11.8 Å². The molecule has 3 heteroatoms. The maximum absolute atomic E-state index is 5.57. The quantitative estimate of drug-likeness (QED) is 0.641. The van der Waals surface area contributed by atoms with Gasteiger partial charge in [0.15, 0.2) is 0 Å². The Balaban J connectivity index is 1.90. The first-order chi connectivity index (χ1) is 8.24. The predicted octanol–water partition coefficient (Wildman–Crippen LogP) is 3.46. The van der Waals surface area contributed by atoms with Gasteiger partial charge in [-0.3, -0.25) is 0 Å². The minimum absolute atomic E-state index is 0.477. The van der Waals surface area contributed by atoms with Crippen LogP contribution in [0.25, 0.3) is 0 Å². The fraction of sp³-hybridized carbons (Fsp3) is 1.00. The molecule has 0 spiro atoms. The summed E-state index contributed by atoms with van der Waals surface area (Å²) < 4.78 is 5.57. The van der Waals surface area contributed by atoms with Crippen LogP contribution in [0.15, 0.2) is 0 Å². The second-order valence-corrected chi connectivity index (χ2v) is 6.47. The van der Waals surface area contributed by atoms with Gasteiger partial charge in [-0.05, 0) is 51.8 Å². The zero-order valence-corrected chi connectivity index (χ0v) is 12.5. The molecule has 0 amide bonds. The van der Waals surface area contributed by atoms with Gasteiger partial charge >= 0.3 is 0 Å². The van der Waals surface area contributed by atoms with E-state index in [1.807, 2.05) is 0 Å². The molecule has 1 fully saturated rings. The van der Waals surface area contributed by atoms with Gasteiger partial charge in [0, 0.05) is 17.9 Å². The molecule has 102 valence electrons. The minimum Gasteiger partial charge on any atom is -0.377 e. The first-order valence-electron chi connectivity index (χ1n) is 7.20. The van der Waals surface area contributed by atoms with Crippen molar-refractivity contribution in [3.63, 3.8) is 0 Å². The van der Waals surface area contributed by atoms with E-state index in [0.717, 1.165) is 18.4 Å². The molecule has 3 unspecified atom stereocenters. The first kappa shape index (κ1) is 15.3. The number of hydrogen-bond donors (Lipinski definition) is 1. The normalized spacial score (nSPS) is 26.3. The molecule has 1 N–H and O–H groups in total. The van der Waals surface area contributed by atoms with Gasteiger partial charge in [-0.1, -0.05) is 13.3 Å². The van der Waals surface area contributed by atoms with E-state index in [9.17, 15) is 0 Å². The van der Waals surface area contributed by atoms with Gasteiger partial charge < -0.3 is 10.1 Å². The highest BCUT2D eigenvalue weighted by Crippen LogP contribution is 2.27. The van der Waals surface area contributed by atoms with E-state index >= 15 is 0 Å². The molecule has 0 bridgehead atoms. The third kappa shape index (κ3) is 6.68. The van der Waals surface area contributed by atoms with E-state index in [2.05, 4.69) is 37.8 Å². The largest absolute Gasteiger partial charge is 0.377 e. The summed E-state index contributed by atoms with van der Waals surface area (Å²) in [7, 11) is 0. The van der Waals surface area contributed by atoms with Crippen molar-refractivity contribution in [2.24, 2.45) is 0 Å². The molecular weight excluding hydrogens is 230 g/mol. The van der Waals surface area contributed by atoms with Gasteiger partial charge in [-0.2, -0.15) is 11.8 Å². The molecular formula is C14H29NOS. The molecule has 1 rings (SSSR count). The summed E-state index contributed by atoms with van der Waals surface area (Å²) >= 11 is 2.12. The van der Waals surface area contributed by atoms with Crippen molar-refractivity contribution in [3.8, 4) is 0 Å². The predicted molar refractivity (Wildman–Crippen MR) is 77.9 cm³/mol. The summed E-state index contributed by atoms with van der Waals surface area (Å²) in [6.07, 6.45) is 6.99. The van der Waals surface area contributed by atoms with Crippen LogP contribution in [0.4, 0.5) is 0 Å². The lowest BCUT2D eigenvalue weighted by molar-refractivity contribution is 0.127. The molecule has 1 aliphatic rings. The Kier molecular flexibility index (Phi) is 8.33. The van der Waals surface area contributed by atoms with Crippen molar-refractivity contribution >= 4 is 11.8 Å². The number of unbranched alkanes of at least 4 members (excludes halogenated alkanes) is 1. The zero-order chi connectivity index (χ0) is 12.5. The maximum Gasteiger partial charge on any atom is 0.0666 e. The standard InChI is InChI=1S/C14H29NOS/c1-4-9-15-12(2)7-5-6-11-17-14-8-10-16-13(14)3/h12-15H,4-11H2,1-3H3. The Morgan fingerprint density at radius 3 is 2.88 bits per heavy atom. The van der Waals surface area contributed by atoms with Crippen LogP contribution in [0.5, 0.6) is 0 Å². The molecule has 0 saturated carbocycles. The Morgan fingerprint density at radius 1 is 1.41 bits per heavy atom. The topological polar surface area (TPSA) is 21.3 Å². The Hall–Kier alpha value is 0.270. The van der Waals surface area contributed by atoms with Gasteiger partial charge in [0.2, 0.25) is 0 Å². The average molecular weight is 259 g/mol. The molecule has 0 radical (unpaired) electrons. The van der Waals surface area contributed by atoms with Crippen molar-refractivity contribution in [2.45, 2.75) is 70.3 Å². The van der Waals surface area contributed by atoms with E-state index in [-0.39, 0.29) is 0 Å². The average Bonchev–Trinajstić information content (AvgIpc) is 2.72. The molecule has 0 aromatic rings. The number of ether oxygens (including phenoxy) is 1. The SMILES string of the molecule is CCCNC(C)CCCCSC1CCOC1C.